The maximum atomic E-state index is 12.2. The van der Waals surface area contributed by atoms with Gasteiger partial charge >= 0.3 is 0 Å². The van der Waals surface area contributed by atoms with Crippen molar-refractivity contribution in [3.63, 3.8) is 0 Å². The molecule has 86 valence electrons. The Labute approximate surface area is 105 Å². The van der Waals surface area contributed by atoms with Crippen molar-refractivity contribution in [2.75, 3.05) is 13.1 Å². The zero-order valence-corrected chi connectivity index (χ0v) is 11.0. The summed E-state index contributed by atoms with van der Waals surface area (Å²) in [5.74, 6) is 0.231. The van der Waals surface area contributed by atoms with Gasteiger partial charge in [0.15, 0.2) is 5.78 Å². The molecule has 1 atom stereocenters. The first-order valence-electron chi connectivity index (χ1n) is 5.72. The molecule has 0 radical (unpaired) electrons. The third kappa shape index (κ3) is 2.53. The molecule has 0 aliphatic carbocycles. The van der Waals surface area contributed by atoms with Gasteiger partial charge in [0.25, 0.3) is 0 Å². The van der Waals surface area contributed by atoms with E-state index in [9.17, 15) is 4.79 Å². The highest BCUT2D eigenvalue weighted by molar-refractivity contribution is 9.10. The van der Waals surface area contributed by atoms with E-state index in [4.69, 9.17) is 0 Å². The van der Waals surface area contributed by atoms with E-state index in [1.54, 1.807) is 0 Å². The number of Topliss-reactive ketones (excluding diaryl/α,β-unsaturated/α-hetero) is 1. The molecule has 2 nitrogen and oxygen atoms in total. The van der Waals surface area contributed by atoms with Crippen LogP contribution in [0.2, 0.25) is 0 Å². The summed E-state index contributed by atoms with van der Waals surface area (Å²) in [6, 6.07) is 7.63. The molecule has 1 unspecified atom stereocenters. The lowest BCUT2D eigenvalue weighted by Crippen LogP contribution is -2.36. The van der Waals surface area contributed by atoms with Gasteiger partial charge in [-0.2, -0.15) is 0 Å². The smallest absolute Gasteiger partial charge is 0.179 e. The Kier molecular flexibility index (Phi) is 3.77. The minimum atomic E-state index is 0.0173. The molecular weight excluding hydrogens is 266 g/mol. The lowest BCUT2D eigenvalue weighted by atomic mass is 10.0. The third-order valence-electron chi connectivity index (χ3n) is 3.20. The first kappa shape index (κ1) is 11.8. The van der Waals surface area contributed by atoms with Gasteiger partial charge in [0.1, 0.15) is 0 Å². The molecule has 0 amide bonds. The van der Waals surface area contributed by atoms with E-state index in [-0.39, 0.29) is 11.8 Å². The number of benzene rings is 1. The Hall–Kier alpha value is -0.670. The van der Waals surface area contributed by atoms with Crippen molar-refractivity contribution >= 4 is 21.7 Å². The number of rotatable bonds is 3. The summed E-state index contributed by atoms with van der Waals surface area (Å²) in [6.07, 6.45) is 2.44. The standard InChI is InChI=1S/C13H16BrNO/c1-10(15-8-2-3-9-15)13(16)11-4-6-12(14)7-5-11/h4-7,10H,2-3,8-9H2,1H3. The van der Waals surface area contributed by atoms with Crippen LogP contribution in [0, 0.1) is 0 Å². The van der Waals surface area contributed by atoms with Crippen molar-refractivity contribution in [2.45, 2.75) is 25.8 Å². The maximum absolute atomic E-state index is 12.2. The fraction of sp³-hybridized carbons (Fsp3) is 0.462. The van der Waals surface area contributed by atoms with Crippen LogP contribution in [0.25, 0.3) is 0 Å². The predicted molar refractivity (Wildman–Crippen MR) is 68.7 cm³/mol. The minimum absolute atomic E-state index is 0.0173. The predicted octanol–water partition coefficient (Wildman–Crippen LogP) is 3.12. The molecule has 1 fully saturated rings. The van der Waals surface area contributed by atoms with Crippen LogP contribution in [0.5, 0.6) is 0 Å². The third-order valence-corrected chi connectivity index (χ3v) is 3.73. The van der Waals surface area contributed by atoms with Gasteiger partial charge in [-0.15, -0.1) is 0 Å². The van der Waals surface area contributed by atoms with Gasteiger partial charge in [-0.1, -0.05) is 28.1 Å². The van der Waals surface area contributed by atoms with E-state index >= 15 is 0 Å². The lowest BCUT2D eigenvalue weighted by molar-refractivity contribution is 0.0867. The Balaban J connectivity index is 2.08. The molecule has 0 saturated carbocycles. The SMILES string of the molecule is CC(C(=O)c1ccc(Br)cc1)N1CCCC1. The van der Waals surface area contributed by atoms with Crippen LogP contribution in [-0.4, -0.2) is 29.8 Å². The second-order valence-corrected chi connectivity index (χ2v) is 5.21. The first-order valence-corrected chi connectivity index (χ1v) is 6.51. The van der Waals surface area contributed by atoms with Crippen LogP contribution < -0.4 is 0 Å². The minimum Gasteiger partial charge on any atom is -0.294 e. The molecule has 0 N–H and O–H groups in total. The molecule has 1 aromatic carbocycles. The molecule has 0 bridgehead atoms. The van der Waals surface area contributed by atoms with E-state index in [1.165, 1.54) is 12.8 Å². The normalized spacial score (nSPS) is 18.6. The molecule has 3 heteroatoms. The molecule has 0 aromatic heterocycles. The van der Waals surface area contributed by atoms with Crippen molar-refractivity contribution in [1.29, 1.82) is 0 Å². The summed E-state index contributed by atoms with van der Waals surface area (Å²) in [5.41, 5.74) is 0.808. The van der Waals surface area contributed by atoms with Crippen LogP contribution >= 0.6 is 15.9 Å². The largest absolute Gasteiger partial charge is 0.294 e. The van der Waals surface area contributed by atoms with Crippen molar-refractivity contribution in [1.82, 2.24) is 4.90 Å². The quantitative estimate of drug-likeness (QED) is 0.794. The number of carbonyl (C=O) groups is 1. The summed E-state index contributed by atoms with van der Waals surface area (Å²) in [7, 11) is 0. The molecule has 1 heterocycles. The van der Waals surface area contributed by atoms with E-state index in [2.05, 4.69) is 20.8 Å². The van der Waals surface area contributed by atoms with E-state index < -0.39 is 0 Å². The van der Waals surface area contributed by atoms with Gasteiger partial charge in [-0.05, 0) is 45.0 Å². The molecule has 1 aliphatic heterocycles. The van der Waals surface area contributed by atoms with Crippen LogP contribution in [0.1, 0.15) is 30.1 Å². The van der Waals surface area contributed by atoms with Crippen molar-refractivity contribution in [3.05, 3.63) is 34.3 Å². The zero-order chi connectivity index (χ0) is 11.5. The van der Waals surface area contributed by atoms with Crippen LogP contribution in [0.3, 0.4) is 0 Å². The number of carbonyl (C=O) groups excluding carboxylic acids is 1. The Morgan fingerprint density at radius 1 is 1.25 bits per heavy atom. The summed E-state index contributed by atoms with van der Waals surface area (Å²) in [4.78, 5) is 14.5. The van der Waals surface area contributed by atoms with Gasteiger partial charge in [0.2, 0.25) is 0 Å². The number of halogens is 1. The fourth-order valence-electron chi connectivity index (χ4n) is 2.15. The Morgan fingerprint density at radius 3 is 2.38 bits per heavy atom. The van der Waals surface area contributed by atoms with Gasteiger partial charge in [-0.3, -0.25) is 9.69 Å². The summed E-state index contributed by atoms with van der Waals surface area (Å²) in [5, 5.41) is 0. The highest BCUT2D eigenvalue weighted by Gasteiger charge is 2.24. The summed E-state index contributed by atoms with van der Waals surface area (Å²) in [6.45, 7) is 4.13. The molecular formula is C13H16BrNO. The number of hydrogen-bond donors (Lipinski definition) is 0. The number of nitrogens with zero attached hydrogens (tertiary/aromatic N) is 1. The molecule has 2 rings (SSSR count). The fourth-order valence-corrected chi connectivity index (χ4v) is 2.41. The first-order chi connectivity index (χ1) is 7.68. The van der Waals surface area contributed by atoms with Gasteiger partial charge in [-0.25, -0.2) is 0 Å². The summed E-state index contributed by atoms with van der Waals surface area (Å²) < 4.78 is 1.01. The molecule has 1 saturated heterocycles. The highest BCUT2D eigenvalue weighted by Crippen LogP contribution is 2.17. The molecule has 1 aliphatic rings. The van der Waals surface area contributed by atoms with E-state index in [0.717, 1.165) is 23.1 Å². The number of likely N-dealkylation sites (tertiary alicyclic amines) is 1. The number of hydrogen-bond acceptors (Lipinski definition) is 2. The monoisotopic (exact) mass is 281 g/mol. The Morgan fingerprint density at radius 2 is 1.81 bits per heavy atom. The highest BCUT2D eigenvalue weighted by atomic mass is 79.9. The summed E-state index contributed by atoms with van der Waals surface area (Å²) >= 11 is 3.38. The zero-order valence-electron chi connectivity index (χ0n) is 9.45. The van der Waals surface area contributed by atoms with Gasteiger partial charge in [0.05, 0.1) is 6.04 Å². The lowest BCUT2D eigenvalue weighted by Gasteiger charge is -2.22. The van der Waals surface area contributed by atoms with Crippen LogP contribution in [-0.2, 0) is 0 Å². The Bertz CT molecular complexity index is 368. The van der Waals surface area contributed by atoms with Crippen molar-refractivity contribution in [2.24, 2.45) is 0 Å². The van der Waals surface area contributed by atoms with Gasteiger partial charge in [0, 0.05) is 10.0 Å². The average molecular weight is 282 g/mol. The second kappa shape index (κ2) is 5.11. The van der Waals surface area contributed by atoms with Gasteiger partial charge < -0.3 is 0 Å². The average Bonchev–Trinajstić information content (AvgIpc) is 2.81. The maximum Gasteiger partial charge on any atom is 0.179 e. The van der Waals surface area contributed by atoms with Crippen molar-refractivity contribution in [3.8, 4) is 0 Å². The molecule has 16 heavy (non-hydrogen) atoms. The topological polar surface area (TPSA) is 20.3 Å². The number of ketones is 1. The van der Waals surface area contributed by atoms with Crippen LogP contribution in [0.15, 0.2) is 28.7 Å². The van der Waals surface area contributed by atoms with E-state index in [1.807, 2.05) is 31.2 Å². The van der Waals surface area contributed by atoms with E-state index in [0.29, 0.717) is 0 Å². The molecule has 1 aromatic rings. The second-order valence-electron chi connectivity index (χ2n) is 4.29. The molecule has 0 spiro atoms. The van der Waals surface area contributed by atoms with Crippen molar-refractivity contribution < 1.29 is 4.79 Å². The van der Waals surface area contributed by atoms with Crippen LogP contribution in [0.4, 0.5) is 0 Å².